The van der Waals surface area contributed by atoms with Crippen molar-refractivity contribution in [1.29, 1.82) is 0 Å². The van der Waals surface area contributed by atoms with Gasteiger partial charge < -0.3 is 4.74 Å². The quantitative estimate of drug-likeness (QED) is 0.687. The Balaban J connectivity index is 1.71. The highest BCUT2D eigenvalue weighted by molar-refractivity contribution is 6.31. The average molecular weight is 291 g/mol. The maximum absolute atomic E-state index is 12.1. The first-order valence-corrected chi connectivity index (χ1v) is 6.94. The van der Waals surface area contributed by atoms with Gasteiger partial charge in [0.2, 0.25) is 0 Å². The number of amides is 1. The zero-order valence-corrected chi connectivity index (χ0v) is 11.9. The second kappa shape index (κ2) is 5.29. The summed E-state index contributed by atoms with van der Waals surface area (Å²) >= 11 is 5.91. The number of hydrogen-bond donors (Lipinski definition) is 1. The van der Waals surface area contributed by atoms with Crippen LogP contribution in [0, 0.1) is 11.8 Å². The van der Waals surface area contributed by atoms with Gasteiger partial charge in [0.15, 0.2) is 0 Å². The Kier molecular flexibility index (Phi) is 3.49. The number of methoxy groups -OCH3 is 1. The highest BCUT2D eigenvalue weighted by atomic mass is 35.5. The van der Waals surface area contributed by atoms with Gasteiger partial charge in [-0.25, -0.2) is 5.43 Å². The summed E-state index contributed by atoms with van der Waals surface area (Å²) in [5, 5.41) is 4.72. The van der Waals surface area contributed by atoms with E-state index < -0.39 is 0 Å². The Morgan fingerprint density at radius 3 is 3.10 bits per heavy atom. The molecule has 1 saturated carbocycles. The van der Waals surface area contributed by atoms with Crippen molar-refractivity contribution in [2.45, 2.75) is 12.8 Å². The van der Waals surface area contributed by atoms with Crippen molar-refractivity contribution in [3.8, 4) is 5.75 Å². The number of nitrogens with one attached hydrogen (secondary N) is 1. The molecule has 0 heterocycles. The topological polar surface area (TPSA) is 50.7 Å². The largest absolute Gasteiger partial charge is 0.496 e. The average Bonchev–Trinajstić information content (AvgIpc) is 2.80. The molecule has 2 aliphatic rings. The number of hydrazone groups is 1. The number of halogens is 1. The third-order valence-electron chi connectivity index (χ3n) is 3.87. The van der Waals surface area contributed by atoms with Crippen LogP contribution in [0.15, 0.2) is 35.5 Å². The van der Waals surface area contributed by atoms with Crippen molar-refractivity contribution < 1.29 is 9.53 Å². The molecule has 1 N–H and O–H groups in total. The van der Waals surface area contributed by atoms with E-state index in [9.17, 15) is 4.79 Å². The Morgan fingerprint density at radius 1 is 1.50 bits per heavy atom. The number of fused-ring (bicyclic) bond motifs is 1. The molecule has 5 heteroatoms. The maximum Gasteiger partial charge on any atom is 0.275 e. The van der Waals surface area contributed by atoms with Gasteiger partial charge in [-0.3, -0.25) is 4.79 Å². The van der Waals surface area contributed by atoms with Crippen molar-refractivity contribution in [2.75, 3.05) is 7.11 Å². The van der Waals surface area contributed by atoms with Gasteiger partial charge >= 0.3 is 0 Å². The van der Waals surface area contributed by atoms with E-state index in [0.29, 0.717) is 28.2 Å². The first kappa shape index (κ1) is 13.2. The van der Waals surface area contributed by atoms with Crippen LogP contribution < -0.4 is 10.2 Å². The highest BCUT2D eigenvalue weighted by Gasteiger charge is 2.38. The molecule has 0 bridgehead atoms. The lowest BCUT2D eigenvalue weighted by Crippen LogP contribution is -2.35. The van der Waals surface area contributed by atoms with Crippen molar-refractivity contribution in [1.82, 2.24) is 5.43 Å². The van der Waals surface area contributed by atoms with Gasteiger partial charge in [-0.2, -0.15) is 5.10 Å². The monoisotopic (exact) mass is 290 g/mol. The Bertz CT molecular complexity index is 610. The number of allylic oxidation sites excluding steroid dienone is 2. The van der Waals surface area contributed by atoms with Gasteiger partial charge in [0.1, 0.15) is 5.75 Å². The fraction of sp³-hybridized carbons (Fsp3) is 0.333. The van der Waals surface area contributed by atoms with Crippen LogP contribution >= 0.6 is 11.6 Å². The fourth-order valence-electron chi connectivity index (χ4n) is 2.70. The van der Waals surface area contributed by atoms with E-state index in [2.05, 4.69) is 22.7 Å². The molecule has 1 fully saturated rings. The Labute approximate surface area is 122 Å². The molecule has 0 aliphatic heterocycles. The molecule has 2 atom stereocenters. The lowest BCUT2D eigenvalue weighted by Gasteiger charge is -2.31. The summed E-state index contributed by atoms with van der Waals surface area (Å²) < 4.78 is 5.16. The summed E-state index contributed by atoms with van der Waals surface area (Å²) in [6, 6.07) is 4.94. The molecule has 20 heavy (non-hydrogen) atoms. The zero-order valence-electron chi connectivity index (χ0n) is 11.1. The SMILES string of the molecule is COc1ccc(Cl)cc1C(=O)N/N=C1\C[C@H]2C=CC[C@H]12. The van der Waals surface area contributed by atoms with E-state index in [1.54, 1.807) is 18.2 Å². The molecule has 1 amide bonds. The first-order chi connectivity index (χ1) is 9.69. The standard InChI is InChI=1S/C15H15ClN2O2/c1-20-14-6-5-10(16)8-12(14)15(19)18-17-13-7-9-3-2-4-11(9)13/h2-3,5-6,8-9,11H,4,7H2,1H3,(H,18,19)/b17-13+/t9-,11+/m1/s1. The maximum atomic E-state index is 12.1. The van der Waals surface area contributed by atoms with Crippen LogP contribution in [0.25, 0.3) is 0 Å². The van der Waals surface area contributed by atoms with Crippen LogP contribution in [-0.4, -0.2) is 18.7 Å². The van der Waals surface area contributed by atoms with Crippen LogP contribution in [0.4, 0.5) is 0 Å². The molecule has 0 spiro atoms. The lowest BCUT2D eigenvalue weighted by atomic mass is 9.74. The molecule has 104 valence electrons. The molecule has 0 saturated heterocycles. The van der Waals surface area contributed by atoms with Crippen molar-refractivity contribution >= 4 is 23.2 Å². The van der Waals surface area contributed by atoms with Crippen LogP contribution in [0.5, 0.6) is 5.75 Å². The van der Waals surface area contributed by atoms with E-state index in [0.717, 1.165) is 18.6 Å². The third-order valence-corrected chi connectivity index (χ3v) is 4.11. The summed E-state index contributed by atoms with van der Waals surface area (Å²) in [6.45, 7) is 0. The molecule has 0 unspecified atom stereocenters. The molecule has 1 aromatic carbocycles. The van der Waals surface area contributed by atoms with Gasteiger partial charge in [0, 0.05) is 16.7 Å². The van der Waals surface area contributed by atoms with Crippen LogP contribution in [0.3, 0.4) is 0 Å². The molecule has 2 aliphatic carbocycles. The molecule has 4 nitrogen and oxygen atoms in total. The van der Waals surface area contributed by atoms with E-state index in [4.69, 9.17) is 16.3 Å². The van der Waals surface area contributed by atoms with Crippen LogP contribution in [-0.2, 0) is 0 Å². The summed E-state index contributed by atoms with van der Waals surface area (Å²) in [7, 11) is 1.52. The smallest absolute Gasteiger partial charge is 0.275 e. The lowest BCUT2D eigenvalue weighted by molar-refractivity contribution is 0.0951. The van der Waals surface area contributed by atoms with Crippen LogP contribution in [0.2, 0.25) is 5.02 Å². The van der Waals surface area contributed by atoms with Gasteiger partial charge in [-0.05, 0) is 37.0 Å². The van der Waals surface area contributed by atoms with Gasteiger partial charge in [-0.1, -0.05) is 23.8 Å². The second-order valence-electron chi connectivity index (χ2n) is 5.03. The van der Waals surface area contributed by atoms with Crippen molar-refractivity contribution in [3.05, 3.63) is 40.9 Å². The van der Waals surface area contributed by atoms with Crippen molar-refractivity contribution in [2.24, 2.45) is 16.9 Å². The van der Waals surface area contributed by atoms with E-state index in [-0.39, 0.29) is 5.91 Å². The summed E-state index contributed by atoms with van der Waals surface area (Å²) in [5.41, 5.74) is 4.06. The summed E-state index contributed by atoms with van der Waals surface area (Å²) in [6.07, 6.45) is 6.37. The van der Waals surface area contributed by atoms with E-state index in [1.807, 2.05) is 0 Å². The predicted octanol–water partition coefficient (Wildman–Crippen LogP) is 3.03. The van der Waals surface area contributed by atoms with Crippen LogP contribution in [0.1, 0.15) is 23.2 Å². The van der Waals surface area contributed by atoms with Gasteiger partial charge in [0.05, 0.1) is 12.7 Å². The van der Waals surface area contributed by atoms with Crippen molar-refractivity contribution in [3.63, 3.8) is 0 Å². The third kappa shape index (κ3) is 2.31. The van der Waals surface area contributed by atoms with Gasteiger partial charge in [0.25, 0.3) is 5.91 Å². The van der Waals surface area contributed by atoms with Gasteiger partial charge in [-0.15, -0.1) is 0 Å². The minimum atomic E-state index is -0.300. The molecule has 0 aromatic heterocycles. The number of carbonyl (C=O) groups excluding carboxylic acids is 1. The number of nitrogens with zero attached hydrogens (tertiary/aromatic N) is 1. The zero-order chi connectivity index (χ0) is 14.1. The number of hydrogen-bond acceptors (Lipinski definition) is 3. The minimum absolute atomic E-state index is 0.300. The Hall–Kier alpha value is -1.81. The number of ether oxygens (including phenoxy) is 1. The van der Waals surface area contributed by atoms with E-state index in [1.165, 1.54) is 7.11 Å². The molecule has 3 rings (SSSR count). The minimum Gasteiger partial charge on any atom is -0.496 e. The normalized spacial score (nSPS) is 25.2. The summed E-state index contributed by atoms with van der Waals surface area (Å²) in [5.74, 6) is 1.29. The number of rotatable bonds is 3. The second-order valence-corrected chi connectivity index (χ2v) is 5.46. The number of carbonyl (C=O) groups is 1. The predicted molar refractivity (Wildman–Crippen MR) is 78.3 cm³/mol. The summed E-state index contributed by atoms with van der Waals surface area (Å²) in [4.78, 5) is 12.1. The molecular weight excluding hydrogens is 276 g/mol. The number of benzene rings is 1. The highest BCUT2D eigenvalue weighted by Crippen LogP contribution is 2.40. The molecule has 0 radical (unpaired) electrons. The Morgan fingerprint density at radius 2 is 2.35 bits per heavy atom. The fourth-order valence-corrected chi connectivity index (χ4v) is 2.88. The van der Waals surface area contributed by atoms with E-state index >= 15 is 0 Å². The molecular formula is C15H15ClN2O2. The molecule has 1 aromatic rings. The first-order valence-electron chi connectivity index (χ1n) is 6.56.